The Morgan fingerprint density at radius 1 is 1.35 bits per heavy atom. The van der Waals surface area contributed by atoms with Crippen LogP contribution in [0.1, 0.15) is 63.0 Å². The SMILES string of the molecule is COC(=O)N1CC[C@H](c2cc(=O)[nH]o2)C[C@@H]1CC1CCCCC1. The molecule has 1 aromatic rings. The number of hydrogen-bond acceptors (Lipinski definition) is 4. The number of likely N-dealkylation sites (tertiary alicyclic amines) is 1. The molecule has 23 heavy (non-hydrogen) atoms. The van der Waals surface area contributed by atoms with Crippen molar-refractivity contribution in [3.63, 3.8) is 0 Å². The van der Waals surface area contributed by atoms with Crippen molar-refractivity contribution in [1.82, 2.24) is 10.1 Å². The number of rotatable bonds is 3. The summed E-state index contributed by atoms with van der Waals surface area (Å²) in [7, 11) is 1.44. The summed E-state index contributed by atoms with van der Waals surface area (Å²) in [5.74, 6) is 1.61. The monoisotopic (exact) mass is 322 g/mol. The molecule has 1 saturated heterocycles. The van der Waals surface area contributed by atoms with Crippen LogP contribution in [0.4, 0.5) is 4.79 Å². The fourth-order valence-corrected chi connectivity index (χ4v) is 4.20. The van der Waals surface area contributed by atoms with Gasteiger partial charge in [-0.25, -0.2) is 4.79 Å². The van der Waals surface area contributed by atoms with Crippen molar-refractivity contribution in [3.8, 4) is 0 Å². The molecule has 0 radical (unpaired) electrons. The molecule has 1 amide bonds. The van der Waals surface area contributed by atoms with Crippen molar-refractivity contribution in [1.29, 1.82) is 0 Å². The van der Waals surface area contributed by atoms with Crippen molar-refractivity contribution in [3.05, 3.63) is 22.2 Å². The summed E-state index contributed by atoms with van der Waals surface area (Å²) in [4.78, 5) is 25.3. The molecule has 1 N–H and O–H groups in total. The second-order valence-electron chi connectivity index (χ2n) is 6.89. The van der Waals surface area contributed by atoms with Crippen molar-refractivity contribution >= 4 is 6.09 Å². The van der Waals surface area contributed by atoms with Crippen molar-refractivity contribution in [2.45, 2.75) is 63.3 Å². The number of carbonyl (C=O) groups excluding carboxylic acids is 1. The zero-order chi connectivity index (χ0) is 16.2. The summed E-state index contributed by atoms with van der Waals surface area (Å²) in [5, 5.41) is 2.37. The lowest BCUT2D eigenvalue weighted by atomic mass is 9.80. The number of piperidine rings is 1. The molecule has 6 nitrogen and oxygen atoms in total. The molecule has 3 rings (SSSR count). The third-order valence-electron chi connectivity index (χ3n) is 5.40. The highest BCUT2D eigenvalue weighted by Crippen LogP contribution is 2.36. The molecule has 2 heterocycles. The number of aromatic nitrogens is 1. The first-order valence-electron chi connectivity index (χ1n) is 8.70. The van der Waals surface area contributed by atoms with Gasteiger partial charge in [-0.2, -0.15) is 5.16 Å². The molecular weight excluding hydrogens is 296 g/mol. The average molecular weight is 322 g/mol. The van der Waals surface area contributed by atoms with Gasteiger partial charge in [0.2, 0.25) is 0 Å². The molecule has 0 bridgehead atoms. The fourth-order valence-electron chi connectivity index (χ4n) is 4.20. The Bertz CT molecular complexity index is 573. The molecule has 6 heteroatoms. The Morgan fingerprint density at radius 3 is 2.78 bits per heavy atom. The Labute approximate surface area is 136 Å². The first-order valence-corrected chi connectivity index (χ1v) is 8.70. The zero-order valence-electron chi connectivity index (χ0n) is 13.8. The zero-order valence-corrected chi connectivity index (χ0v) is 13.8. The van der Waals surface area contributed by atoms with Gasteiger partial charge in [0.15, 0.2) is 0 Å². The molecule has 1 aromatic heterocycles. The number of nitrogens with one attached hydrogen (secondary N) is 1. The Balaban J connectivity index is 1.71. The largest absolute Gasteiger partial charge is 0.453 e. The summed E-state index contributed by atoms with van der Waals surface area (Å²) >= 11 is 0. The molecule has 2 aliphatic rings. The van der Waals surface area contributed by atoms with Crippen LogP contribution in [0.2, 0.25) is 0 Å². The first kappa shape index (κ1) is 16.1. The van der Waals surface area contributed by atoms with Gasteiger partial charge < -0.3 is 14.2 Å². The predicted molar refractivity (Wildman–Crippen MR) is 85.4 cm³/mol. The van der Waals surface area contributed by atoms with Crippen LogP contribution in [0.25, 0.3) is 0 Å². The molecule has 128 valence electrons. The number of H-pyrrole nitrogens is 1. The van der Waals surface area contributed by atoms with Gasteiger partial charge in [0.05, 0.1) is 7.11 Å². The van der Waals surface area contributed by atoms with Crippen LogP contribution in [0.15, 0.2) is 15.4 Å². The van der Waals surface area contributed by atoms with Crippen LogP contribution < -0.4 is 5.56 Å². The molecule has 1 aliphatic carbocycles. The predicted octanol–water partition coefficient (Wildman–Crippen LogP) is 3.25. The van der Waals surface area contributed by atoms with Gasteiger partial charge in [0.1, 0.15) is 5.76 Å². The molecule has 2 fully saturated rings. The normalized spacial score (nSPS) is 26.2. The summed E-state index contributed by atoms with van der Waals surface area (Å²) in [6.07, 6.45) is 8.88. The quantitative estimate of drug-likeness (QED) is 0.927. The minimum absolute atomic E-state index is 0.171. The second kappa shape index (κ2) is 7.23. The Hall–Kier alpha value is -1.72. The summed E-state index contributed by atoms with van der Waals surface area (Å²) < 4.78 is 10.3. The van der Waals surface area contributed by atoms with Crippen LogP contribution in [-0.4, -0.2) is 35.8 Å². The van der Waals surface area contributed by atoms with E-state index in [4.69, 9.17) is 9.26 Å². The Morgan fingerprint density at radius 2 is 2.13 bits per heavy atom. The maximum atomic E-state index is 12.1. The topological polar surface area (TPSA) is 75.5 Å². The van der Waals surface area contributed by atoms with Crippen LogP contribution in [0, 0.1) is 5.92 Å². The highest BCUT2D eigenvalue weighted by Gasteiger charge is 2.35. The van der Waals surface area contributed by atoms with Gasteiger partial charge >= 0.3 is 6.09 Å². The molecule has 2 atom stereocenters. The number of aromatic amines is 1. The number of carbonyl (C=O) groups is 1. The second-order valence-corrected chi connectivity index (χ2v) is 6.89. The van der Waals surface area contributed by atoms with Gasteiger partial charge in [0, 0.05) is 24.6 Å². The molecular formula is C17H26N2O4. The number of amides is 1. The third-order valence-corrected chi connectivity index (χ3v) is 5.40. The van der Waals surface area contributed by atoms with Crippen LogP contribution in [0.5, 0.6) is 0 Å². The number of nitrogens with zero attached hydrogens (tertiary/aromatic N) is 1. The molecule has 1 saturated carbocycles. The standard InChI is InChI=1S/C17H26N2O4/c1-22-17(21)19-8-7-13(15-11-16(20)18-23-15)10-14(19)9-12-5-3-2-4-6-12/h11-14H,2-10H2,1H3,(H,18,20)/t13-,14-/m0/s1. The van der Waals surface area contributed by atoms with Crippen molar-refractivity contribution in [2.75, 3.05) is 13.7 Å². The van der Waals surface area contributed by atoms with E-state index >= 15 is 0 Å². The van der Waals surface area contributed by atoms with E-state index in [-0.39, 0.29) is 23.6 Å². The minimum Gasteiger partial charge on any atom is -0.453 e. The van der Waals surface area contributed by atoms with Crippen LogP contribution in [-0.2, 0) is 4.74 Å². The lowest BCUT2D eigenvalue weighted by Crippen LogP contribution is -2.46. The van der Waals surface area contributed by atoms with Crippen LogP contribution >= 0.6 is 0 Å². The van der Waals surface area contributed by atoms with E-state index in [2.05, 4.69) is 5.16 Å². The van der Waals surface area contributed by atoms with E-state index in [0.29, 0.717) is 18.2 Å². The summed E-state index contributed by atoms with van der Waals surface area (Å²) in [6, 6.07) is 1.71. The molecule has 0 spiro atoms. The average Bonchev–Trinajstić information content (AvgIpc) is 3.01. The first-order chi connectivity index (χ1) is 11.2. The fraction of sp³-hybridized carbons (Fsp3) is 0.765. The van der Waals surface area contributed by atoms with E-state index < -0.39 is 0 Å². The molecule has 1 aliphatic heterocycles. The number of methoxy groups -OCH3 is 1. The van der Waals surface area contributed by atoms with Crippen molar-refractivity contribution < 1.29 is 14.1 Å². The minimum atomic E-state index is -0.236. The molecule has 0 aromatic carbocycles. The Kier molecular flexibility index (Phi) is 5.08. The lowest BCUT2D eigenvalue weighted by Gasteiger charge is -2.40. The van der Waals surface area contributed by atoms with E-state index in [1.165, 1.54) is 45.3 Å². The van der Waals surface area contributed by atoms with Gasteiger partial charge in [-0.3, -0.25) is 4.79 Å². The van der Waals surface area contributed by atoms with Gasteiger partial charge in [-0.15, -0.1) is 0 Å². The van der Waals surface area contributed by atoms with E-state index in [1.807, 2.05) is 4.90 Å². The van der Waals surface area contributed by atoms with Crippen molar-refractivity contribution in [2.24, 2.45) is 5.92 Å². The van der Waals surface area contributed by atoms with E-state index in [0.717, 1.165) is 19.3 Å². The number of hydrogen-bond donors (Lipinski definition) is 1. The lowest BCUT2D eigenvalue weighted by molar-refractivity contribution is 0.0702. The third kappa shape index (κ3) is 3.79. The van der Waals surface area contributed by atoms with E-state index in [9.17, 15) is 9.59 Å². The maximum Gasteiger partial charge on any atom is 0.409 e. The van der Waals surface area contributed by atoms with Gasteiger partial charge in [-0.1, -0.05) is 32.1 Å². The maximum absolute atomic E-state index is 12.1. The van der Waals surface area contributed by atoms with Gasteiger partial charge in [0.25, 0.3) is 5.56 Å². The summed E-state index contributed by atoms with van der Waals surface area (Å²) in [6.45, 7) is 0.656. The highest BCUT2D eigenvalue weighted by molar-refractivity contribution is 5.68. The molecule has 0 unspecified atom stereocenters. The van der Waals surface area contributed by atoms with Crippen LogP contribution in [0.3, 0.4) is 0 Å². The highest BCUT2D eigenvalue weighted by atomic mass is 16.5. The van der Waals surface area contributed by atoms with Gasteiger partial charge in [-0.05, 0) is 25.2 Å². The van der Waals surface area contributed by atoms with E-state index in [1.54, 1.807) is 0 Å². The smallest absolute Gasteiger partial charge is 0.409 e. The summed E-state index contributed by atoms with van der Waals surface area (Å²) in [5.41, 5.74) is -0.195. The number of ether oxygens (including phenoxy) is 1.